The van der Waals surface area contributed by atoms with Crippen LogP contribution < -0.4 is 15.5 Å². The van der Waals surface area contributed by atoms with Gasteiger partial charge in [-0.3, -0.25) is 5.43 Å². The first-order chi connectivity index (χ1) is 10.8. The standard InChI is InChI=1S/C17H17N3OS/c1-2-11-21-16-10-6-7-14(12-16)13-18-20-17(22)19-15-8-4-3-5-9-15/h2-10,12-13H,1,11H2,(H2,19,20,22)/b18-13-. The number of rotatable bonds is 6. The first kappa shape index (κ1) is 15.7. The van der Waals surface area contributed by atoms with Crippen LogP contribution in [0.2, 0.25) is 0 Å². The van der Waals surface area contributed by atoms with Crippen molar-refractivity contribution in [3.63, 3.8) is 0 Å². The van der Waals surface area contributed by atoms with E-state index in [0.717, 1.165) is 17.0 Å². The second kappa shape index (κ2) is 8.59. The van der Waals surface area contributed by atoms with Gasteiger partial charge in [0.2, 0.25) is 0 Å². The molecule has 0 unspecified atom stereocenters. The lowest BCUT2D eigenvalue weighted by Gasteiger charge is -2.06. The van der Waals surface area contributed by atoms with Crippen LogP contribution in [0.3, 0.4) is 0 Å². The normalized spacial score (nSPS) is 10.2. The molecule has 0 amide bonds. The molecule has 0 saturated carbocycles. The highest BCUT2D eigenvalue weighted by Crippen LogP contribution is 2.11. The molecule has 0 radical (unpaired) electrons. The van der Waals surface area contributed by atoms with Gasteiger partial charge in [-0.2, -0.15) is 5.10 Å². The molecule has 2 aromatic carbocycles. The van der Waals surface area contributed by atoms with Gasteiger partial charge in [0.15, 0.2) is 5.11 Å². The van der Waals surface area contributed by atoms with Crippen LogP contribution in [0.5, 0.6) is 5.75 Å². The van der Waals surface area contributed by atoms with Crippen molar-refractivity contribution in [1.82, 2.24) is 5.43 Å². The third-order valence-corrected chi connectivity index (χ3v) is 2.83. The molecule has 0 aliphatic rings. The van der Waals surface area contributed by atoms with Crippen molar-refractivity contribution < 1.29 is 4.74 Å². The molecule has 0 bridgehead atoms. The smallest absolute Gasteiger partial charge is 0.191 e. The van der Waals surface area contributed by atoms with E-state index >= 15 is 0 Å². The van der Waals surface area contributed by atoms with Crippen LogP contribution in [0.1, 0.15) is 5.56 Å². The molecule has 0 heterocycles. The summed E-state index contributed by atoms with van der Waals surface area (Å²) in [5.41, 5.74) is 4.60. The van der Waals surface area contributed by atoms with Crippen LogP contribution in [0, 0.1) is 0 Å². The Morgan fingerprint density at radius 1 is 1.18 bits per heavy atom. The maximum atomic E-state index is 5.46. The molecule has 0 spiro atoms. The van der Waals surface area contributed by atoms with E-state index in [1.807, 2.05) is 54.6 Å². The van der Waals surface area contributed by atoms with Crippen molar-refractivity contribution in [3.05, 3.63) is 72.8 Å². The summed E-state index contributed by atoms with van der Waals surface area (Å²) in [6.45, 7) is 4.10. The Balaban J connectivity index is 1.86. The van der Waals surface area contributed by atoms with E-state index in [2.05, 4.69) is 22.4 Å². The fourth-order valence-corrected chi connectivity index (χ4v) is 1.86. The van der Waals surface area contributed by atoms with Crippen molar-refractivity contribution in [1.29, 1.82) is 0 Å². The molecule has 0 atom stereocenters. The van der Waals surface area contributed by atoms with Crippen molar-refractivity contribution in [2.45, 2.75) is 0 Å². The quantitative estimate of drug-likeness (QED) is 0.370. The molecule has 22 heavy (non-hydrogen) atoms. The molecule has 0 aliphatic carbocycles. The lowest BCUT2D eigenvalue weighted by molar-refractivity contribution is 0.363. The largest absolute Gasteiger partial charge is 0.490 e. The highest BCUT2D eigenvalue weighted by atomic mass is 32.1. The molecule has 2 N–H and O–H groups in total. The van der Waals surface area contributed by atoms with Crippen molar-refractivity contribution in [3.8, 4) is 5.75 Å². The summed E-state index contributed by atoms with van der Waals surface area (Å²) in [5.74, 6) is 0.772. The monoisotopic (exact) mass is 311 g/mol. The molecule has 2 rings (SSSR count). The zero-order valence-electron chi connectivity index (χ0n) is 12.0. The third kappa shape index (κ3) is 5.38. The first-order valence-electron chi connectivity index (χ1n) is 6.77. The molecule has 0 aromatic heterocycles. The van der Waals surface area contributed by atoms with Crippen LogP contribution in [-0.4, -0.2) is 17.9 Å². The van der Waals surface area contributed by atoms with Gasteiger partial charge in [0, 0.05) is 5.69 Å². The Kier molecular flexibility index (Phi) is 6.14. The lowest BCUT2D eigenvalue weighted by Crippen LogP contribution is -2.23. The molecule has 4 nitrogen and oxygen atoms in total. The maximum Gasteiger partial charge on any atom is 0.191 e. The van der Waals surface area contributed by atoms with Gasteiger partial charge >= 0.3 is 0 Å². The number of ether oxygens (including phenoxy) is 1. The molecule has 5 heteroatoms. The van der Waals surface area contributed by atoms with E-state index in [1.165, 1.54) is 0 Å². The summed E-state index contributed by atoms with van der Waals surface area (Å²) in [6, 6.07) is 17.3. The number of para-hydroxylation sites is 1. The number of hydrogen-bond donors (Lipinski definition) is 2. The first-order valence-corrected chi connectivity index (χ1v) is 7.17. The molecule has 0 fully saturated rings. The van der Waals surface area contributed by atoms with E-state index in [4.69, 9.17) is 17.0 Å². The van der Waals surface area contributed by atoms with Gasteiger partial charge in [-0.15, -0.1) is 0 Å². The molecule has 0 saturated heterocycles. The molecule has 112 valence electrons. The second-order valence-corrected chi connectivity index (χ2v) is 4.77. The van der Waals surface area contributed by atoms with Crippen LogP contribution in [0.15, 0.2) is 72.4 Å². The van der Waals surface area contributed by atoms with Crippen molar-refractivity contribution >= 4 is 29.2 Å². The fraction of sp³-hybridized carbons (Fsp3) is 0.0588. The number of hydrazone groups is 1. The number of benzene rings is 2. The van der Waals surface area contributed by atoms with Crippen molar-refractivity contribution in [2.24, 2.45) is 5.10 Å². The Bertz CT molecular complexity index is 656. The van der Waals surface area contributed by atoms with Gasteiger partial charge in [-0.25, -0.2) is 0 Å². The number of anilines is 1. The topological polar surface area (TPSA) is 45.6 Å². The van der Waals surface area contributed by atoms with E-state index in [0.29, 0.717) is 11.7 Å². The zero-order valence-corrected chi connectivity index (χ0v) is 12.8. The molecular formula is C17H17N3OS. The lowest BCUT2D eigenvalue weighted by atomic mass is 10.2. The summed E-state index contributed by atoms with van der Waals surface area (Å²) in [5, 5.41) is 7.57. The average Bonchev–Trinajstić information content (AvgIpc) is 2.54. The predicted octanol–water partition coefficient (Wildman–Crippen LogP) is 3.57. The zero-order chi connectivity index (χ0) is 15.6. The number of thiocarbonyl (C=S) groups is 1. The average molecular weight is 311 g/mol. The minimum atomic E-state index is 0.432. The highest BCUT2D eigenvalue weighted by molar-refractivity contribution is 7.80. The number of nitrogens with zero attached hydrogens (tertiary/aromatic N) is 1. The SMILES string of the molecule is C=CCOc1cccc(/C=N\NC(=S)Nc2ccccc2)c1. The third-order valence-electron chi connectivity index (χ3n) is 2.64. The number of nitrogens with one attached hydrogen (secondary N) is 2. The second-order valence-electron chi connectivity index (χ2n) is 4.36. The van der Waals surface area contributed by atoms with Crippen molar-refractivity contribution in [2.75, 3.05) is 11.9 Å². The Morgan fingerprint density at radius 3 is 2.77 bits per heavy atom. The van der Waals surface area contributed by atoms with Gasteiger partial charge < -0.3 is 10.1 Å². The van der Waals surface area contributed by atoms with Crippen LogP contribution in [0.4, 0.5) is 5.69 Å². The summed E-state index contributed by atoms with van der Waals surface area (Å²) >= 11 is 5.16. The summed E-state index contributed by atoms with van der Waals surface area (Å²) in [6.07, 6.45) is 3.38. The van der Waals surface area contributed by atoms with E-state index < -0.39 is 0 Å². The van der Waals surface area contributed by atoms with Crippen LogP contribution in [0.25, 0.3) is 0 Å². The minimum Gasteiger partial charge on any atom is -0.490 e. The Labute approximate surface area is 135 Å². The number of hydrogen-bond acceptors (Lipinski definition) is 3. The molecule has 2 aromatic rings. The predicted molar refractivity (Wildman–Crippen MR) is 95.5 cm³/mol. The highest BCUT2D eigenvalue weighted by Gasteiger charge is 1.96. The Hall–Kier alpha value is -2.66. The van der Waals surface area contributed by atoms with Gasteiger partial charge in [0.1, 0.15) is 12.4 Å². The van der Waals surface area contributed by atoms with Crippen LogP contribution in [-0.2, 0) is 0 Å². The van der Waals surface area contributed by atoms with Gasteiger partial charge in [0.25, 0.3) is 0 Å². The van der Waals surface area contributed by atoms with E-state index in [9.17, 15) is 0 Å². The Morgan fingerprint density at radius 2 is 2.00 bits per heavy atom. The van der Waals surface area contributed by atoms with Gasteiger partial charge in [-0.05, 0) is 42.0 Å². The van der Waals surface area contributed by atoms with E-state index in [-0.39, 0.29) is 0 Å². The fourth-order valence-electron chi connectivity index (χ4n) is 1.69. The molecular weight excluding hydrogens is 294 g/mol. The summed E-state index contributed by atoms with van der Waals surface area (Å²) in [7, 11) is 0. The van der Waals surface area contributed by atoms with Gasteiger partial charge in [0.05, 0.1) is 6.21 Å². The van der Waals surface area contributed by atoms with Gasteiger partial charge in [-0.1, -0.05) is 43.0 Å². The van der Waals surface area contributed by atoms with E-state index in [1.54, 1.807) is 12.3 Å². The maximum absolute atomic E-state index is 5.46. The van der Waals surface area contributed by atoms with Crippen LogP contribution >= 0.6 is 12.2 Å². The summed E-state index contributed by atoms with van der Waals surface area (Å²) < 4.78 is 5.46. The minimum absolute atomic E-state index is 0.432. The summed E-state index contributed by atoms with van der Waals surface area (Å²) in [4.78, 5) is 0. The molecule has 0 aliphatic heterocycles.